The summed E-state index contributed by atoms with van der Waals surface area (Å²) in [6, 6.07) is 0. The van der Waals surface area contributed by atoms with Gasteiger partial charge in [-0.3, -0.25) is 4.79 Å². The SMILES string of the molecule is [CH2]CCCCCCCCC(=O)OCCCC. The lowest BCUT2D eigenvalue weighted by Crippen LogP contribution is -2.05. The molecule has 2 nitrogen and oxygen atoms in total. The molecule has 0 atom stereocenters. The van der Waals surface area contributed by atoms with Crippen molar-refractivity contribution in [2.45, 2.75) is 71.1 Å². The molecule has 0 saturated carbocycles. The highest BCUT2D eigenvalue weighted by atomic mass is 16.5. The van der Waals surface area contributed by atoms with E-state index >= 15 is 0 Å². The van der Waals surface area contributed by atoms with Crippen molar-refractivity contribution < 1.29 is 9.53 Å². The van der Waals surface area contributed by atoms with Crippen LogP contribution < -0.4 is 0 Å². The first-order chi connectivity index (χ1) is 7.81. The summed E-state index contributed by atoms with van der Waals surface area (Å²) in [4.78, 5) is 11.2. The smallest absolute Gasteiger partial charge is 0.305 e. The van der Waals surface area contributed by atoms with Crippen LogP contribution in [0, 0.1) is 6.92 Å². The second kappa shape index (κ2) is 12.5. The Morgan fingerprint density at radius 1 is 1.00 bits per heavy atom. The summed E-state index contributed by atoms with van der Waals surface area (Å²) in [5.41, 5.74) is 0. The number of carbonyl (C=O) groups is 1. The molecule has 0 aromatic carbocycles. The van der Waals surface area contributed by atoms with E-state index in [4.69, 9.17) is 4.74 Å². The zero-order valence-corrected chi connectivity index (χ0v) is 10.8. The Kier molecular flexibility index (Phi) is 12.1. The summed E-state index contributed by atoms with van der Waals surface area (Å²) in [5, 5.41) is 0. The van der Waals surface area contributed by atoms with Crippen molar-refractivity contribution in [3.8, 4) is 0 Å². The monoisotopic (exact) mass is 227 g/mol. The summed E-state index contributed by atoms with van der Waals surface area (Å²) >= 11 is 0. The van der Waals surface area contributed by atoms with Crippen LogP contribution in [0.1, 0.15) is 71.1 Å². The third-order valence-electron chi connectivity index (χ3n) is 2.64. The second-order valence-corrected chi connectivity index (χ2v) is 4.30. The number of ether oxygens (including phenoxy) is 1. The van der Waals surface area contributed by atoms with Gasteiger partial charge in [-0.05, 0) is 12.8 Å². The van der Waals surface area contributed by atoms with Gasteiger partial charge in [-0.15, -0.1) is 0 Å². The minimum Gasteiger partial charge on any atom is -0.466 e. The van der Waals surface area contributed by atoms with Crippen LogP contribution in [0.25, 0.3) is 0 Å². The van der Waals surface area contributed by atoms with Crippen molar-refractivity contribution in [2.75, 3.05) is 6.61 Å². The average molecular weight is 227 g/mol. The standard InChI is InChI=1S/C14H27O2/c1-3-5-7-8-9-10-11-12-14(15)16-13-6-4-2/h1,3-13H2,2H3. The first kappa shape index (κ1) is 15.5. The summed E-state index contributed by atoms with van der Waals surface area (Å²) in [5.74, 6) is -0.0220. The van der Waals surface area contributed by atoms with Crippen LogP contribution in [0.5, 0.6) is 0 Å². The quantitative estimate of drug-likeness (QED) is 0.389. The van der Waals surface area contributed by atoms with Gasteiger partial charge in [0.05, 0.1) is 6.61 Å². The molecule has 16 heavy (non-hydrogen) atoms. The lowest BCUT2D eigenvalue weighted by Gasteiger charge is -2.03. The minimum atomic E-state index is -0.0220. The summed E-state index contributed by atoms with van der Waals surface area (Å²) in [6.07, 6.45) is 10.9. The Balaban J connectivity index is 3.09. The van der Waals surface area contributed by atoms with Gasteiger partial charge in [0.1, 0.15) is 0 Å². The van der Waals surface area contributed by atoms with E-state index in [2.05, 4.69) is 13.8 Å². The zero-order chi connectivity index (χ0) is 12.1. The van der Waals surface area contributed by atoms with Crippen LogP contribution in [0.3, 0.4) is 0 Å². The Labute approximate surface area is 101 Å². The van der Waals surface area contributed by atoms with Crippen LogP contribution in [-0.2, 0) is 9.53 Å². The number of rotatable bonds is 11. The van der Waals surface area contributed by atoms with Crippen molar-refractivity contribution >= 4 is 5.97 Å². The maximum absolute atomic E-state index is 11.2. The summed E-state index contributed by atoms with van der Waals surface area (Å²) in [6.45, 7) is 6.51. The second-order valence-electron chi connectivity index (χ2n) is 4.30. The first-order valence-electron chi connectivity index (χ1n) is 6.76. The largest absolute Gasteiger partial charge is 0.466 e. The molecular weight excluding hydrogens is 200 g/mol. The third kappa shape index (κ3) is 11.5. The van der Waals surface area contributed by atoms with E-state index in [9.17, 15) is 4.79 Å². The van der Waals surface area contributed by atoms with E-state index in [1.54, 1.807) is 0 Å². The summed E-state index contributed by atoms with van der Waals surface area (Å²) < 4.78 is 5.08. The molecule has 0 rings (SSSR count). The fourth-order valence-corrected chi connectivity index (χ4v) is 1.56. The highest BCUT2D eigenvalue weighted by Crippen LogP contribution is 2.08. The molecule has 0 N–H and O–H groups in total. The van der Waals surface area contributed by atoms with E-state index < -0.39 is 0 Å². The van der Waals surface area contributed by atoms with E-state index in [0.29, 0.717) is 13.0 Å². The molecule has 0 heterocycles. The molecule has 0 unspecified atom stereocenters. The molecule has 0 aliphatic heterocycles. The topological polar surface area (TPSA) is 26.3 Å². The maximum Gasteiger partial charge on any atom is 0.305 e. The highest BCUT2D eigenvalue weighted by molar-refractivity contribution is 5.69. The van der Waals surface area contributed by atoms with Gasteiger partial charge in [-0.1, -0.05) is 58.8 Å². The van der Waals surface area contributed by atoms with Gasteiger partial charge in [0.2, 0.25) is 0 Å². The highest BCUT2D eigenvalue weighted by Gasteiger charge is 2.01. The van der Waals surface area contributed by atoms with Gasteiger partial charge in [0.25, 0.3) is 0 Å². The van der Waals surface area contributed by atoms with Gasteiger partial charge >= 0.3 is 5.97 Å². The molecule has 0 fully saturated rings. The predicted molar refractivity (Wildman–Crippen MR) is 68.2 cm³/mol. The fraction of sp³-hybridized carbons (Fsp3) is 0.857. The van der Waals surface area contributed by atoms with Crippen LogP contribution in [0.2, 0.25) is 0 Å². The lowest BCUT2D eigenvalue weighted by molar-refractivity contribution is -0.143. The maximum atomic E-state index is 11.2. The number of hydrogen-bond acceptors (Lipinski definition) is 2. The molecule has 95 valence electrons. The van der Waals surface area contributed by atoms with Gasteiger partial charge in [-0.25, -0.2) is 0 Å². The van der Waals surface area contributed by atoms with Gasteiger partial charge in [0, 0.05) is 6.42 Å². The van der Waals surface area contributed by atoms with Crippen LogP contribution in [0.4, 0.5) is 0 Å². The van der Waals surface area contributed by atoms with Crippen LogP contribution in [-0.4, -0.2) is 12.6 Å². The average Bonchev–Trinajstić information content (AvgIpc) is 2.28. The fourth-order valence-electron chi connectivity index (χ4n) is 1.56. The molecular formula is C14H27O2. The van der Waals surface area contributed by atoms with Crippen molar-refractivity contribution in [3.63, 3.8) is 0 Å². The first-order valence-corrected chi connectivity index (χ1v) is 6.76. The van der Waals surface area contributed by atoms with E-state index in [1.807, 2.05) is 0 Å². The molecule has 0 aliphatic carbocycles. The molecule has 0 saturated heterocycles. The Bertz CT molecular complexity index is 155. The van der Waals surface area contributed by atoms with Crippen molar-refractivity contribution in [1.82, 2.24) is 0 Å². The summed E-state index contributed by atoms with van der Waals surface area (Å²) in [7, 11) is 0. The third-order valence-corrected chi connectivity index (χ3v) is 2.64. The molecule has 0 bridgehead atoms. The molecule has 2 heteroatoms. The van der Waals surface area contributed by atoms with Crippen LogP contribution >= 0.6 is 0 Å². The number of unbranched alkanes of at least 4 members (excludes halogenated alkanes) is 7. The molecule has 1 radical (unpaired) electrons. The Morgan fingerprint density at radius 3 is 2.25 bits per heavy atom. The lowest BCUT2D eigenvalue weighted by atomic mass is 10.1. The Hall–Kier alpha value is -0.530. The Morgan fingerprint density at radius 2 is 1.62 bits per heavy atom. The minimum absolute atomic E-state index is 0.0220. The van der Waals surface area contributed by atoms with Crippen molar-refractivity contribution in [2.24, 2.45) is 0 Å². The van der Waals surface area contributed by atoms with Gasteiger partial charge in [-0.2, -0.15) is 0 Å². The normalized spacial score (nSPS) is 10.4. The number of hydrogen-bond donors (Lipinski definition) is 0. The number of esters is 1. The molecule has 0 amide bonds. The predicted octanol–water partition coefficient (Wildman–Crippen LogP) is 4.28. The van der Waals surface area contributed by atoms with Crippen molar-refractivity contribution in [3.05, 3.63) is 6.92 Å². The van der Waals surface area contributed by atoms with Crippen LogP contribution in [0.15, 0.2) is 0 Å². The van der Waals surface area contributed by atoms with Gasteiger partial charge in [0.15, 0.2) is 0 Å². The number of carbonyl (C=O) groups excluding carboxylic acids is 1. The van der Waals surface area contributed by atoms with Gasteiger partial charge < -0.3 is 4.74 Å². The van der Waals surface area contributed by atoms with E-state index in [1.165, 1.54) is 25.7 Å². The molecule has 0 spiro atoms. The molecule has 0 aromatic heterocycles. The van der Waals surface area contributed by atoms with E-state index in [-0.39, 0.29) is 5.97 Å². The zero-order valence-electron chi connectivity index (χ0n) is 10.8. The molecule has 0 aromatic rings. The van der Waals surface area contributed by atoms with E-state index in [0.717, 1.165) is 32.1 Å². The molecule has 0 aliphatic rings. The van der Waals surface area contributed by atoms with Crippen molar-refractivity contribution in [1.29, 1.82) is 0 Å².